The summed E-state index contributed by atoms with van der Waals surface area (Å²) in [5.41, 5.74) is 2.26. The number of carbonyl (C=O) groups is 1. The van der Waals surface area contributed by atoms with Gasteiger partial charge in [-0.25, -0.2) is 4.98 Å². The van der Waals surface area contributed by atoms with Gasteiger partial charge in [0.2, 0.25) is 17.6 Å². The molecule has 0 aliphatic carbocycles. The number of thiophene rings is 1. The van der Waals surface area contributed by atoms with E-state index in [2.05, 4.69) is 59.2 Å². The van der Waals surface area contributed by atoms with E-state index in [-0.39, 0.29) is 18.2 Å². The highest BCUT2D eigenvalue weighted by Gasteiger charge is 2.20. The molecule has 1 aromatic carbocycles. The zero-order valence-electron chi connectivity index (χ0n) is 16.4. The number of H-pyrrole nitrogens is 2. The molecule has 4 heterocycles. The molecule has 0 fully saturated rings. The van der Waals surface area contributed by atoms with Crippen molar-refractivity contribution in [1.29, 1.82) is 0 Å². The lowest BCUT2D eigenvalue weighted by Crippen LogP contribution is -2.28. The molecule has 31 heavy (non-hydrogen) atoms. The molecule has 0 spiro atoms. The van der Waals surface area contributed by atoms with Crippen LogP contribution in [0.15, 0.2) is 58.8 Å². The Morgan fingerprint density at radius 2 is 2.16 bits per heavy atom. The molecule has 0 bridgehead atoms. The van der Waals surface area contributed by atoms with Gasteiger partial charge >= 0.3 is 0 Å². The Labute approximate surface area is 180 Å². The van der Waals surface area contributed by atoms with Gasteiger partial charge in [-0.3, -0.25) is 9.89 Å². The second kappa shape index (κ2) is 8.52. The van der Waals surface area contributed by atoms with Crippen LogP contribution in [-0.4, -0.2) is 42.8 Å². The van der Waals surface area contributed by atoms with Crippen LogP contribution in [0.4, 0.5) is 0 Å². The van der Waals surface area contributed by atoms with E-state index < -0.39 is 0 Å². The number of amides is 1. The van der Waals surface area contributed by atoms with Crippen molar-refractivity contribution in [3.05, 3.63) is 70.6 Å². The molecular weight excluding hydrogens is 414 g/mol. The number of hydrogen-bond acceptors (Lipinski definition) is 7. The van der Waals surface area contributed by atoms with Crippen LogP contribution in [0.2, 0.25) is 0 Å². The third-order valence-corrected chi connectivity index (χ3v) is 6.03. The smallest absolute Gasteiger partial charge is 0.239 e. The summed E-state index contributed by atoms with van der Waals surface area (Å²) in [6.07, 6.45) is 4.01. The molecule has 0 radical (unpaired) electrons. The molecule has 3 N–H and O–H groups in total. The minimum absolute atomic E-state index is 0.0687. The number of benzene rings is 1. The summed E-state index contributed by atoms with van der Waals surface area (Å²) in [4.78, 5) is 25.3. The predicted octanol–water partition coefficient (Wildman–Crippen LogP) is 3.28. The molecule has 5 rings (SSSR count). The van der Waals surface area contributed by atoms with E-state index >= 15 is 0 Å². The van der Waals surface area contributed by atoms with Gasteiger partial charge in [-0.15, -0.1) is 11.3 Å². The summed E-state index contributed by atoms with van der Waals surface area (Å²) in [6.45, 7) is 0.508. The van der Waals surface area contributed by atoms with Gasteiger partial charge in [0.25, 0.3) is 0 Å². The van der Waals surface area contributed by atoms with Gasteiger partial charge in [0.05, 0.1) is 0 Å². The van der Waals surface area contributed by atoms with E-state index in [9.17, 15) is 4.79 Å². The maximum Gasteiger partial charge on any atom is 0.239 e. The molecule has 1 amide bonds. The quantitative estimate of drug-likeness (QED) is 0.345. The Morgan fingerprint density at radius 3 is 3.00 bits per heavy atom. The van der Waals surface area contributed by atoms with Crippen LogP contribution in [-0.2, 0) is 11.2 Å². The Hall–Kier alpha value is -3.79. The summed E-state index contributed by atoms with van der Waals surface area (Å²) < 4.78 is 5.20. The number of hydrogen-bond donors (Lipinski definition) is 3. The number of aromatic nitrogens is 6. The van der Waals surface area contributed by atoms with Gasteiger partial charge in [-0.1, -0.05) is 29.4 Å². The van der Waals surface area contributed by atoms with Crippen molar-refractivity contribution in [2.24, 2.45) is 0 Å². The van der Waals surface area contributed by atoms with Gasteiger partial charge in [-0.2, -0.15) is 10.1 Å². The third kappa shape index (κ3) is 4.10. The fraction of sp³-hybridized carbons (Fsp3) is 0.190. The highest BCUT2D eigenvalue weighted by atomic mass is 32.1. The third-order valence-electron chi connectivity index (χ3n) is 5.05. The molecule has 156 valence electrons. The van der Waals surface area contributed by atoms with E-state index in [1.54, 1.807) is 11.3 Å². The molecule has 0 saturated heterocycles. The van der Waals surface area contributed by atoms with Crippen LogP contribution in [0, 0.1) is 0 Å². The molecule has 5 aromatic rings. The van der Waals surface area contributed by atoms with Crippen LogP contribution in [0.3, 0.4) is 0 Å². The standard InChI is InChI=1S/C21H19N7O2S/c29-18(7-8-19-26-21(28-30-19)20-24-12-25-27-20)23-11-15(17-6-3-9-31-17)14-10-22-16-5-2-1-4-13(14)16/h1-6,9-10,12,15,22H,7-8,11H2,(H,23,29)(H,24,25,27). The van der Waals surface area contributed by atoms with Gasteiger partial charge in [0.1, 0.15) is 6.33 Å². The predicted molar refractivity (Wildman–Crippen MR) is 115 cm³/mol. The highest BCUT2D eigenvalue weighted by molar-refractivity contribution is 7.10. The van der Waals surface area contributed by atoms with Crippen molar-refractivity contribution >= 4 is 28.1 Å². The lowest BCUT2D eigenvalue weighted by Gasteiger charge is -2.16. The molecule has 4 aromatic heterocycles. The Kier molecular flexibility index (Phi) is 5.28. The normalized spacial score (nSPS) is 12.3. The monoisotopic (exact) mass is 433 g/mol. The van der Waals surface area contributed by atoms with E-state index in [1.807, 2.05) is 24.4 Å². The van der Waals surface area contributed by atoms with Gasteiger partial charge < -0.3 is 14.8 Å². The average Bonchev–Trinajstić information content (AvgIpc) is 3.60. The average molecular weight is 433 g/mol. The zero-order valence-corrected chi connectivity index (χ0v) is 17.2. The Balaban J connectivity index is 1.24. The number of nitrogens with one attached hydrogen (secondary N) is 3. The largest absolute Gasteiger partial charge is 0.361 e. The number of rotatable bonds is 8. The lowest BCUT2D eigenvalue weighted by atomic mass is 9.96. The van der Waals surface area contributed by atoms with E-state index in [0.717, 1.165) is 5.52 Å². The molecule has 1 atom stereocenters. The summed E-state index contributed by atoms with van der Waals surface area (Å²) in [5.74, 6) is 1.14. The number of para-hydroxylation sites is 1. The van der Waals surface area contributed by atoms with Crippen molar-refractivity contribution in [1.82, 2.24) is 35.6 Å². The fourth-order valence-corrected chi connectivity index (χ4v) is 4.37. The summed E-state index contributed by atoms with van der Waals surface area (Å²) in [6, 6.07) is 12.3. The summed E-state index contributed by atoms with van der Waals surface area (Å²) in [7, 11) is 0. The maximum absolute atomic E-state index is 12.5. The van der Waals surface area contributed by atoms with Crippen molar-refractivity contribution < 1.29 is 9.32 Å². The van der Waals surface area contributed by atoms with Crippen molar-refractivity contribution in [3.63, 3.8) is 0 Å². The number of aryl methyl sites for hydroxylation is 1. The minimum Gasteiger partial charge on any atom is -0.361 e. The van der Waals surface area contributed by atoms with Gasteiger partial charge in [0, 0.05) is 47.3 Å². The van der Waals surface area contributed by atoms with Crippen LogP contribution in [0.25, 0.3) is 22.6 Å². The maximum atomic E-state index is 12.5. The minimum atomic E-state index is -0.0687. The van der Waals surface area contributed by atoms with E-state index in [0.29, 0.717) is 30.5 Å². The van der Waals surface area contributed by atoms with E-state index in [1.165, 1.54) is 22.2 Å². The van der Waals surface area contributed by atoms with Crippen molar-refractivity contribution in [2.45, 2.75) is 18.8 Å². The SMILES string of the molecule is O=C(CCc1nc(-c2ncn[nH]2)no1)NCC(c1cccs1)c1c[nH]c2ccccc12. The highest BCUT2D eigenvalue weighted by Crippen LogP contribution is 2.32. The van der Waals surface area contributed by atoms with Crippen LogP contribution in [0.5, 0.6) is 0 Å². The van der Waals surface area contributed by atoms with Crippen molar-refractivity contribution in [3.8, 4) is 11.6 Å². The first-order valence-corrected chi connectivity index (χ1v) is 10.7. The van der Waals surface area contributed by atoms with E-state index in [4.69, 9.17) is 4.52 Å². The summed E-state index contributed by atoms with van der Waals surface area (Å²) >= 11 is 1.69. The molecule has 0 aliphatic heterocycles. The topological polar surface area (TPSA) is 125 Å². The Bertz CT molecular complexity index is 1270. The van der Waals surface area contributed by atoms with Crippen LogP contribution >= 0.6 is 11.3 Å². The number of aromatic amines is 2. The first kappa shape index (κ1) is 19.2. The van der Waals surface area contributed by atoms with Crippen LogP contribution in [0.1, 0.15) is 28.7 Å². The van der Waals surface area contributed by atoms with Crippen molar-refractivity contribution in [2.75, 3.05) is 6.54 Å². The number of nitrogens with zero attached hydrogens (tertiary/aromatic N) is 4. The first-order valence-electron chi connectivity index (χ1n) is 9.82. The molecular formula is C21H19N7O2S. The fourth-order valence-electron chi connectivity index (χ4n) is 3.53. The first-order chi connectivity index (χ1) is 15.3. The number of carbonyl (C=O) groups excluding carboxylic acids is 1. The molecule has 9 nitrogen and oxygen atoms in total. The van der Waals surface area contributed by atoms with Crippen LogP contribution < -0.4 is 5.32 Å². The second-order valence-corrected chi connectivity index (χ2v) is 7.99. The Morgan fingerprint density at radius 1 is 1.23 bits per heavy atom. The summed E-state index contributed by atoms with van der Waals surface area (Å²) in [5, 5.41) is 16.6. The molecule has 0 saturated carbocycles. The zero-order chi connectivity index (χ0) is 21.0. The second-order valence-electron chi connectivity index (χ2n) is 7.01. The molecule has 0 aliphatic rings. The lowest BCUT2D eigenvalue weighted by molar-refractivity contribution is -0.121. The number of fused-ring (bicyclic) bond motifs is 1. The van der Waals surface area contributed by atoms with Gasteiger partial charge in [0.15, 0.2) is 5.82 Å². The van der Waals surface area contributed by atoms with Gasteiger partial charge in [-0.05, 0) is 23.1 Å². The molecule has 10 heteroatoms. The molecule has 1 unspecified atom stereocenters.